The molecule has 0 saturated heterocycles. The Kier molecular flexibility index (Phi) is 6.91. The summed E-state index contributed by atoms with van der Waals surface area (Å²) in [5.74, 6) is 0.487. The molecule has 0 fully saturated rings. The van der Waals surface area contributed by atoms with Crippen LogP contribution in [0.3, 0.4) is 0 Å². The first-order chi connectivity index (χ1) is 8.72. The summed E-state index contributed by atoms with van der Waals surface area (Å²) in [6.07, 6.45) is 7.92. The highest BCUT2D eigenvalue weighted by Crippen LogP contribution is 2.08. The van der Waals surface area contributed by atoms with Crippen LogP contribution in [0.4, 0.5) is 5.95 Å². The molecular formula is C13H23N3O2. The number of unbranched alkanes of at least 4 members (excludes halogenated alkanes) is 3. The van der Waals surface area contributed by atoms with Gasteiger partial charge < -0.3 is 15.0 Å². The number of nitrogens with one attached hydrogen (secondary N) is 2. The Balaban J connectivity index is 2.15. The lowest BCUT2D eigenvalue weighted by Crippen LogP contribution is -2.12. The summed E-state index contributed by atoms with van der Waals surface area (Å²) in [4.78, 5) is 18.0. The molecule has 2 N–H and O–H groups in total. The third-order valence-corrected chi connectivity index (χ3v) is 2.63. The molecule has 0 radical (unpaired) electrons. The van der Waals surface area contributed by atoms with Crippen LogP contribution >= 0.6 is 0 Å². The van der Waals surface area contributed by atoms with Crippen LogP contribution in [-0.2, 0) is 16.0 Å². The molecule has 0 atom stereocenters. The first-order valence-corrected chi connectivity index (χ1v) is 6.63. The normalized spacial score (nSPS) is 10.3. The van der Waals surface area contributed by atoms with Gasteiger partial charge in [0.2, 0.25) is 0 Å². The molecule has 1 aromatic rings. The molecule has 0 aliphatic heterocycles. The van der Waals surface area contributed by atoms with Crippen LogP contribution in [0, 0.1) is 0 Å². The van der Waals surface area contributed by atoms with Crippen molar-refractivity contribution in [2.75, 3.05) is 18.5 Å². The first kappa shape index (κ1) is 14.5. The fourth-order valence-electron chi connectivity index (χ4n) is 1.68. The Morgan fingerprint density at radius 2 is 2.28 bits per heavy atom. The van der Waals surface area contributed by atoms with E-state index in [2.05, 4.69) is 22.2 Å². The predicted octanol–water partition coefficient (Wildman–Crippen LogP) is 2.51. The molecule has 0 bridgehead atoms. The minimum Gasteiger partial charge on any atom is -0.464 e. The summed E-state index contributed by atoms with van der Waals surface area (Å²) < 4.78 is 4.82. The molecule has 1 heterocycles. The van der Waals surface area contributed by atoms with Crippen molar-refractivity contribution in [1.29, 1.82) is 0 Å². The fourth-order valence-corrected chi connectivity index (χ4v) is 1.68. The first-order valence-electron chi connectivity index (χ1n) is 6.63. The maximum Gasteiger partial charge on any atom is 0.302 e. The number of H-pyrrole nitrogens is 1. The van der Waals surface area contributed by atoms with Gasteiger partial charge in [-0.3, -0.25) is 4.79 Å². The smallest absolute Gasteiger partial charge is 0.302 e. The quantitative estimate of drug-likeness (QED) is 0.524. The topological polar surface area (TPSA) is 67.0 Å². The van der Waals surface area contributed by atoms with Crippen molar-refractivity contribution >= 4 is 11.9 Å². The average Bonchev–Trinajstić information content (AvgIpc) is 2.78. The van der Waals surface area contributed by atoms with E-state index in [9.17, 15) is 4.79 Å². The minimum atomic E-state index is -0.257. The SMILES string of the molecule is CCCCCCc1cnc(NCCOC(C)=O)[nH]1. The number of hydrogen-bond donors (Lipinski definition) is 2. The van der Waals surface area contributed by atoms with Crippen LogP contribution in [0.25, 0.3) is 0 Å². The summed E-state index contributed by atoms with van der Waals surface area (Å²) in [5.41, 5.74) is 1.15. The van der Waals surface area contributed by atoms with Crippen molar-refractivity contribution in [3.05, 3.63) is 11.9 Å². The van der Waals surface area contributed by atoms with E-state index in [4.69, 9.17) is 4.74 Å². The van der Waals surface area contributed by atoms with E-state index in [1.165, 1.54) is 32.6 Å². The van der Waals surface area contributed by atoms with Gasteiger partial charge in [-0.15, -0.1) is 0 Å². The molecule has 1 rings (SSSR count). The zero-order valence-corrected chi connectivity index (χ0v) is 11.3. The van der Waals surface area contributed by atoms with E-state index in [0.29, 0.717) is 13.2 Å². The van der Waals surface area contributed by atoms with Crippen molar-refractivity contribution in [3.8, 4) is 0 Å². The molecule has 0 saturated carbocycles. The van der Waals surface area contributed by atoms with Crippen LogP contribution in [0.2, 0.25) is 0 Å². The summed E-state index contributed by atoms with van der Waals surface area (Å²) in [7, 11) is 0. The van der Waals surface area contributed by atoms with Gasteiger partial charge in [0.25, 0.3) is 0 Å². The van der Waals surface area contributed by atoms with Crippen molar-refractivity contribution < 1.29 is 9.53 Å². The Morgan fingerprint density at radius 1 is 1.44 bits per heavy atom. The van der Waals surface area contributed by atoms with Gasteiger partial charge in [0.1, 0.15) is 6.61 Å². The third-order valence-electron chi connectivity index (χ3n) is 2.63. The van der Waals surface area contributed by atoms with Gasteiger partial charge in [0.05, 0.1) is 12.7 Å². The summed E-state index contributed by atoms with van der Waals surface area (Å²) >= 11 is 0. The summed E-state index contributed by atoms with van der Waals surface area (Å²) in [5, 5.41) is 3.08. The predicted molar refractivity (Wildman–Crippen MR) is 71.6 cm³/mol. The van der Waals surface area contributed by atoms with Gasteiger partial charge in [0.15, 0.2) is 5.95 Å². The molecule has 1 aromatic heterocycles. The van der Waals surface area contributed by atoms with Crippen molar-refractivity contribution in [2.24, 2.45) is 0 Å². The number of esters is 1. The van der Waals surface area contributed by atoms with E-state index < -0.39 is 0 Å². The number of aryl methyl sites for hydroxylation is 1. The highest BCUT2D eigenvalue weighted by molar-refractivity contribution is 5.65. The van der Waals surface area contributed by atoms with Gasteiger partial charge in [-0.1, -0.05) is 26.2 Å². The average molecular weight is 253 g/mol. The van der Waals surface area contributed by atoms with Crippen molar-refractivity contribution in [3.63, 3.8) is 0 Å². The summed E-state index contributed by atoms with van der Waals surface area (Å²) in [6.45, 7) is 4.55. The number of hydrogen-bond acceptors (Lipinski definition) is 4. The van der Waals surface area contributed by atoms with Crippen LogP contribution in [0.15, 0.2) is 6.20 Å². The molecule has 18 heavy (non-hydrogen) atoms. The second-order valence-corrected chi connectivity index (χ2v) is 4.33. The van der Waals surface area contributed by atoms with Gasteiger partial charge in [-0.05, 0) is 12.8 Å². The van der Waals surface area contributed by atoms with Crippen molar-refractivity contribution in [2.45, 2.75) is 46.0 Å². The number of nitrogens with zero attached hydrogens (tertiary/aromatic N) is 1. The monoisotopic (exact) mass is 253 g/mol. The molecule has 0 aromatic carbocycles. The maximum atomic E-state index is 10.6. The maximum absolute atomic E-state index is 10.6. The van der Waals surface area contributed by atoms with Gasteiger partial charge in [-0.2, -0.15) is 0 Å². The van der Waals surface area contributed by atoms with Crippen LogP contribution in [0.5, 0.6) is 0 Å². The number of aromatic nitrogens is 2. The molecule has 0 aliphatic rings. The van der Waals surface area contributed by atoms with Crippen molar-refractivity contribution in [1.82, 2.24) is 9.97 Å². The third kappa shape index (κ3) is 6.27. The Labute approximate surface area is 108 Å². The lowest BCUT2D eigenvalue weighted by molar-refractivity contribution is -0.140. The fraction of sp³-hybridized carbons (Fsp3) is 0.692. The number of aromatic amines is 1. The second kappa shape index (κ2) is 8.55. The molecule has 0 aliphatic carbocycles. The molecule has 0 amide bonds. The lowest BCUT2D eigenvalue weighted by Gasteiger charge is -2.03. The number of ether oxygens (including phenoxy) is 1. The van der Waals surface area contributed by atoms with Gasteiger partial charge in [-0.25, -0.2) is 4.98 Å². The minimum absolute atomic E-state index is 0.257. The Hall–Kier alpha value is -1.52. The number of carbonyl (C=O) groups excluding carboxylic acids is 1. The molecular weight excluding hydrogens is 230 g/mol. The molecule has 0 spiro atoms. The molecule has 5 heteroatoms. The van der Waals surface area contributed by atoms with E-state index in [-0.39, 0.29) is 5.97 Å². The van der Waals surface area contributed by atoms with E-state index in [1.807, 2.05) is 6.20 Å². The number of rotatable bonds is 9. The number of anilines is 1. The zero-order chi connectivity index (χ0) is 13.2. The molecule has 0 unspecified atom stereocenters. The van der Waals surface area contributed by atoms with Gasteiger partial charge in [0, 0.05) is 12.6 Å². The Morgan fingerprint density at radius 3 is 3.00 bits per heavy atom. The number of carbonyl (C=O) groups is 1. The van der Waals surface area contributed by atoms with E-state index in [0.717, 1.165) is 18.1 Å². The van der Waals surface area contributed by atoms with Crippen LogP contribution < -0.4 is 5.32 Å². The largest absolute Gasteiger partial charge is 0.464 e. The summed E-state index contributed by atoms with van der Waals surface area (Å²) in [6, 6.07) is 0. The molecule has 5 nitrogen and oxygen atoms in total. The van der Waals surface area contributed by atoms with Crippen LogP contribution in [-0.4, -0.2) is 29.1 Å². The van der Waals surface area contributed by atoms with Crippen LogP contribution in [0.1, 0.15) is 45.2 Å². The number of imidazole rings is 1. The molecule has 102 valence electrons. The second-order valence-electron chi connectivity index (χ2n) is 4.33. The standard InChI is InChI=1S/C13H23N3O2/c1-3-4-5-6-7-12-10-15-13(16-12)14-8-9-18-11(2)17/h10H,3-9H2,1-2H3,(H2,14,15,16). The van der Waals surface area contributed by atoms with E-state index >= 15 is 0 Å². The highest BCUT2D eigenvalue weighted by atomic mass is 16.5. The van der Waals surface area contributed by atoms with Gasteiger partial charge >= 0.3 is 5.97 Å². The Bertz CT molecular complexity index is 350. The van der Waals surface area contributed by atoms with E-state index in [1.54, 1.807) is 0 Å². The zero-order valence-electron chi connectivity index (χ0n) is 11.3. The lowest BCUT2D eigenvalue weighted by atomic mass is 10.1. The highest BCUT2D eigenvalue weighted by Gasteiger charge is 2.00.